The number of carbonyl (C=O) groups is 1. The molecular formula is C16H20O3. The van der Waals surface area contributed by atoms with Gasteiger partial charge in [-0.05, 0) is 37.1 Å². The first-order valence-electron chi connectivity index (χ1n) is 6.34. The van der Waals surface area contributed by atoms with Crippen LogP contribution in [0.4, 0.5) is 0 Å². The SMILES string of the molecule is CCOC(/C=C/c1ccc(OC)cc1)C/C=C/C=O. The number of benzene rings is 1. The molecule has 0 N–H and O–H groups in total. The zero-order valence-corrected chi connectivity index (χ0v) is 11.4. The van der Waals surface area contributed by atoms with Crippen molar-refractivity contribution >= 4 is 12.4 Å². The van der Waals surface area contributed by atoms with Gasteiger partial charge in [-0.25, -0.2) is 0 Å². The molecule has 0 aliphatic rings. The third-order valence-electron chi connectivity index (χ3n) is 2.58. The molecule has 0 spiro atoms. The molecule has 19 heavy (non-hydrogen) atoms. The summed E-state index contributed by atoms with van der Waals surface area (Å²) in [6, 6.07) is 7.81. The van der Waals surface area contributed by atoms with Crippen molar-refractivity contribution in [3.05, 3.63) is 48.1 Å². The number of carbonyl (C=O) groups excluding carboxylic acids is 1. The van der Waals surface area contributed by atoms with Crippen molar-refractivity contribution < 1.29 is 14.3 Å². The summed E-state index contributed by atoms with van der Waals surface area (Å²) in [6.07, 6.45) is 8.77. The van der Waals surface area contributed by atoms with Crippen LogP contribution >= 0.6 is 0 Å². The van der Waals surface area contributed by atoms with Crippen LogP contribution in [0.2, 0.25) is 0 Å². The summed E-state index contributed by atoms with van der Waals surface area (Å²) >= 11 is 0. The first-order valence-corrected chi connectivity index (χ1v) is 6.34. The summed E-state index contributed by atoms with van der Waals surface area (Å²) in [7, 11) is 1.65. The van der Waals surface area contributed by atoms with Crippen molar-refractivity contribution in [1.29, 1.82) is 0 Å². The molecule has 0 bridgehead atoms. The summed E-state index contributed by atoms with van der Waals surface area (Å²) in [5.74, 6) is 0.840. The van der Waals surface area contributed by atoms with Crippen LogP contribution in [0.1, 0.15) is 18.9 Å². The average molecular weight is 260 g/mol. The van der Waals surface area contributed by atoms with Gasteiger partial charge < -0.3 is 9.47 Å². The topological polar surface area (TPSA) is 35.5 Å². The number of hydrogen-bond acceptors (Lipinski definition) is 3. The Morgan fingerprint density at radius 2 is 2.00 bits per heavy atom. The van der Waals surface area contributed by atoms with Crippen LogP contribution in [0.5, 0.6) is 5.75 Å². The molecule has 3 nitrogen and oxygen atoms in total. The van der Waals surface area contributed by atoms with E-state index < -0.39 is 0 Å². The van der Waals surface area contributed by atoms with Crippen LogP contribution in [0.3, 0.4) is 0 Å². The van der Waals surface area contributed by atoms with Gasteiger partial charge in [-0.3, -0.25) is 4.79 Å². The molecule has 1 unspecified atom stereocenters. The Labute approximate surface area is 114 Å². The quantitative estimate of drug-likeness (QED) is 0.531. The van der Waals surface area contributed by atoms with Crippen molar-refractivity contribution in [1.82, 2.24) is 0 Å². The predicted octanol–water partition coefficient (Wildman–Crippen LogP) is 3.26. The van der Waals surface area contributed by atoms with Gasteiger partial charge in [0.2, 0.25) is 0 Å². The fourth-order valence-corrected chi connectivity index (χ4v) is 1.62. The van der Waals surface area contributed by atoms with Gasteiger partial charge in [-0.1, -0.05) is 30.4 Å². The van der Waals surface area contributed by atoms with Crippen LogP contribution in [0, 0.1) is 0 Å². The van der Waals surface area contributed by atoms with Gasteiger partial charge >= 0.3 is 0 Å². The highest BCUT2D eigenvalue weighted by atomic mass is 16.5. The fourth-order valence-electron chi connectivity index (χ4n) is 1.62. The number of rotatable bonds is 8. The van der Waals surface area contributed by atoms with Gasteiger partial charge in [0.25, 0.3) is 0 Å². The molecule has 102 valence electrons. The lowest BCUT2D eigenvalue weighted by Gasteiger charge is -2.10. The fraction of sp³-hybridized carbons (Fsp3) is 0.312. The molecule has 0 saturated heterocycles. The van der Waals surface area contributed by atoms with E-state index in [0.717, 1.165) is 17.6 Å². The highest BCUT2D eigenvalue weighted by molar-refractivity contribution is 5.64. The predicted molar refractivity (Wildman–Crippen MR) is 77.3 cm³/mol. The highest BCUT2D eigenvalue weighted by Gasteiger charge is 2.01. The minimum atomic E-state index is -0.0108. The molecule has 1 rings (SSSR count). The number of aldehydes is 1. The normalized spacial score (nSPS) is 12.9. The van der Waals surface area contributed by atoms with Gasteiger partial charge in [0, 0.05) is 6.61 Å². The molecule has 0 saturated carbocycles. The maximum absolute atomic E-state index is 10.2. The van der Waals surface area contributed by atoms with E-state index in [0.29, 0.717) is 13.0 Å². The molecule has 0 fully saturated rings. The van der Waals surface area contributed by atoms with E-state index in [4.69, 9.17) is 9.47 Å². The molecule has 3 heteroatoms. The standard InChI is InChI=1S/C16H20O3/c1-3-19-16(6-4-5-13-17)12-9-14-7-10-15(18-2)11-8-14/h4-5,7-13,16H,3,6H2,1-2H3/b5-4+,12-9+. The zero-order chi connectivity index (χ0) is 13.9. The molecule has 0 heterocycles. The Morgan fingerprint density at radius 3 is 2.58 bits per heavy atom. The summed E-state index contributed by atoms with van der Waals surface area (Å²) in [6.45, 7) is 2.60. The van der Waals surface area contributed by atoms with Crippen LogP contribution in [-0.4, -0.2) is 26.1 Å². The van der Waals surface area contributed by atoms with E-state index in [1.54, 1.807) is 7.11 Å². The van der Waals surface area contributed by atoms with E-state index in [-0.39, 0.29) is 6.10 Å². The second kappa shape index (κ2) is 9.11. The Balaban J connectivity index is 2.62. The summed E-state index contributed by atoms with van der Waals surface area (Å²) in [4.78, 5) is 10.2. The van der Waals surface area contributed by atoms with E-state index in [2.05, 4.69) is 0 Å². The summed E-state index contributed by atoms with van der Waals surface area (Å²) in [5, 5.41) is 0. The van der Waals surface area contributed by atoms with Crippen LogP contribution in [-0.2, 0) is 9.53 Å². The van der Waals surface area contributed by atoms with Crippen molar-refractivity contribution in [2.75, 3.05) is 13.7 Å². The molecule has 0 amide bonds. The molecule has 0 aromatic heterocycles. The van der Waals surface area contributed by atoms with E-state index in [1.165, 1.54) is 6.08 Å². The van der Waals surface area contributed by atoms with Crippen LogP contribution < -0.4 is 4.74 Å². The molecule has 0 aliphatic carbocycles. The third-order valence-corrected chi connectivity index (χ3v) is 2.58. The molecule has 1 atom stereocenters. The van der Waals surface area contributed by atoms with E-state index in [9.17, 15) is 4.79 Å². The monoisotopic (exact) mass is 260 g/mol. The smallest absolute Gasteiger partial charge is 0.142 e. The highest BCUT2D eigenvalue weighted by Crippen LogP contribution is 2.13. The lowest BCUT2D eigenvalue weighted by Crippen LogP contribution is -2.08. The molecule has 0 radical (unpaired) electrons. The first-order chi connectivity index (χ1) is 9.30. The number of allylic oxidation sites excluding steroid dienone is 1. The van der Waals surface area contributed by atoms with Crippen LogP contribution in [0.15, 0.2) is 42.5 Å². The van der Waals surface area contributed by atoms with E-state index >= 15 is 0 Å². The second-order valence-electron chi connectivity index (χ2n) is 3.93. The van der Waals surface area contributed by atoms with Crippen molar-refractivity contribution in [3.8, 4) is 5.75 Å². The molecule has 0 aliphatic heterocycles. The maximum Gasteiger partial charge on any atom is 0.142 e. The summed E-state index contributed by atoms with van der Waals surface area (Å²) in [5.41, 5.74) is 1.09. The molecular weight excluding hydrogens is 240 g/mol. The van der Waals surface area contributed by atoms with Crippen LogP contribution in [0.25, 0.3) is 6.08 Å². The number of methoxy groups -OCH3 is 1. The Morgan fingerprint density at radius 1 is 1.26 bits per heavy atom. The van der Waals surface area contributed by atoms with Gasteiger partial charge in [-0.15, -0.1) is 0 Å². The summed E-state index contributed by atoms with van der Waals surface area (Å²) < 4.78 is 10.7. The minimum absolute atomic E-state index is 0.0108. The first kappa shape index (κ1) is 15.2. The van der Waals surface area contributed by atoms with Crippen molar-refractivity contribution in [2.45, 2.75) is 19.4 Å². The Bertz CT molecular complexity index is 418. The Hall–Kier alpha value is -1.87. The second-order valence-corrected chi connectivity index (χ2v) is 3.93. The van der Waals surface area contributed by atoms with Gasteiger partial charge in [0.05, 0.1) is 13.2 Å². The van der Waals surface area contributed by atoms with Gasteiger partial charge in [0.15, 0.2) is 0 Å². The number of ether oxygens (including phenoxy) is 2. The van der Waals surface area contributed by atoms with Gasteiger partial charge in [-0.2, -0.15) is 0 Å². The van der Waals surface area contributed by atoms with Gasteiger partial charge in [0.1, 0.15) is 12.0 Å². The zero-order valence-electron chi connectivity index (χ0n) is 11.4. The largest absolute Gasteiger partial charge is 0.497 e. The van der Waals surface area contributed by atoms with Crippen molar-refractivity contribution in [2.24, 2.45) is 0 Å². The number of hydrogen-bond donors (Lipinski definition) is 0. The lowest BCUT2D eigenvalue weighted by molar-refractivity contribution is -0.104. The average Bonchev–Trinajstić information content (AvgIpc) is 2.45. The molecule has 1 aromatic carbocycles. The lowest BCUT2D eigenvalue weighted by atomic mass is 10.1. The maximum atomic E-state index is 10.2. The Kier molecular flexibility index (Phi) is 7.28. The van der Waals surface area contributed by atoms with E-state index in [1.807, 2.05) is 49.4 Å². The van der Waals surface area contributed by atoms with Crippen molar-refractivity contribution in [3.63, 3.8) is 0 Å². The third kappa shape index (κ3) is 6.02. The molecule has 1 aromatic rings. The minimum Gasteiger partial charge on any atom is -0.497 e.